The maximum atomic E-state index is 13.5. The van der Waals surface area contributed by atoms with E-state index in [1.165, 1.54) is 9.87 Å². The van der Waals surface area contributed by atoms with Crippen LogP contribution >= 0.6 is 0 Å². The van der Waals surface area contributed by atoms with Crippen molar-refractivity contribution in [1.29, 1.82) is 0 Å². The molecule has 0 spiro atoms. The van der Waals surface area contributed by atoms with Crippen LogP contribution in [0.2, 0.25) is 0 Å². The van der Waals surface area contributed by atoms with Crippen LogP contribution in [0.5, 0.6) is 0 Å². The van der Waals surface area contributed by atoms with Crippen LogP contribution in [0.4, 0.5) is 5.69 Å². The van der Waals surface area contributed by atoms with Crippen molar-refractivity contribution in [3.8, 4) is 0 Å². The quantitative estimate of drug-likeness (QED) is 0.495. The molecule has 0 saturated carbocycles. The van der Waals surface area contributed by atoms with Gasteiger partial charge in [0.15, 0.2) is 0 Å². The third-order valence-corrected chi connectivity index (χ3v) is 7.77. The van der Waals surface area contributed by atoms with Gasteiger partial charge in [0.2, 0.25) is 5.91 Å². The number of benzene rings is 3. The number of ether oxygens (including phenoxy) is 1. The standard InChI is InChI=1S/C27H31N3O4S/c1-22-8-5-6-13-26(22)30(35(32,33)25-11-3-2-4-12-25)21-27(31)28-19-23-9-7-10-24(18-23)20-29-14-16-34-17-15-29/h2-13,18H,14-17,19-21H2,1H3,(H,28,31). The van der Waals surface area contributed by atoms with Gasteiger partial charge in [-0.15, -0.1) is 0 Å². The van der Waals surface area contributed by atoms with E-state index in [1.807, 2.05) is 31.2 Å². The normalized spacial score (nSPS) is 14.4. The number of rotatable bonds is 9. The summed E-state index contributed by atoms with van der Waals surface area (Å²) in [6.07, 6.45) is 0. The fraction of sp³-hybridized carbons (Fsp3) is 0.296. The van der Waals surface area contributed by atoms with E-state index in [4.69, 9.17) is 4.74 Å². The summed E-state index contributed by atoms with van der Waals surface area (Å²) < 4.78 is 33.5. The van der Waals surface area contributed by atoms with Crippen molar-refractivity contribution in [2.24, 2.45) is 0 Å². The van der Waals surface area contributed by atoms with Crippen molar-refractivity contribution in [1.82, 2.24) is 10.2 Å². The Labute approximate surface area is 207 Å². The third-order valence-electron chi connectivity index (χ3n) is 5.99. The number of morpholine rings is 1. The minimum absolute atomic E-state index is 0.145. The van der Waals surface area contributed by atoms with E-state index in [9.17, 15) is 13.2 Å². The number of amides is 1. The highest BCUT2D eigenvalue weighted by Gasteiger charge is 2.28. The predicted molar refractivity (Wildman–Crippen MR) is 137 cm³/mol. The minimum Gasteiger partial charge on any atom is -0.379 e. The molecule has 0 bridgehead atoms. The first-order valence-electron chi connectivity index (χ1n) is 11.7. The van der Waals surface area contributed by atoms with Crippen molar-refractivity contribution >= 4 is 21.6 Å². The number of anilines is 1. The second-order valence-corrected chi connectivity index (χ2v) is 10.5. The van der Waals surface area contributed by atoms with Crippen molar-refractivity contribution in [2.75, 3.05) is 37.2 Å². The Balaban J connectivity index is 1.46. The van der Waals surface area contributed by atoms with Crippen LogP contribution in [0.15, 0.2) is 83.8 Å². The van der Waals surface area contributed by atoms with Crippen molar-refractivity contribution in [3.05, 3.63) is 95.6 Å². The smallest absolute Gasteiger partial charge is 0.264 e. The molecule has 1 N–H and O–H groups in total. The highest BCUT2D eigenvalue weighted by molar-refractivity contribution is 7.92. The monoisotopic (exact) mass is 493 g/mol. The first kappa shape index (κ1) is 24.9. The van der Waals surface area contributed by atoms with Gasteiger partial charge in [0.25, 0.3) is 10.0 Å². The minimum atomic E-state index is -3.92. The molecule has 8 heteroatoms. The van der Waals surface area contributed by atoms with Crippen LogP contribution in [0.1, 0.15) is 16.7 Å². The van der Waals surface area contributed by atoms with E-state index in [-0.39, 0.29) is 17.3 Å². The van der Waals surface area contributed by atoms with Gasteiger partial charge < -0.3 is 10.1 Å². The van der Waals surface area contributed by atoms with Gasteiger partial charge in [-0.25, -0.2) is 8.42 Å². The highest BCUT2D eigenvalue weighted by atomic mass is 32.2. The first-order chi connectivity index (χ1) is 16.9. The van der Waals surface area contributed by atoms with Gasteiger partial charge in [-0.05, 0) is 41.8 Å². The summed E-state index contributed by atoms with van der Waals surface area (Å²) in [7, 11) is -3.92. The van der Waals surface area contributed by atoms with Gasteiger partial charge in [0.05, 0.1) is 23.8 Å². The molecule has 1 fully saturated rings. The Morgan fingerprint density at radius 3 is 2.37 bits per heavy atom. The number of nitrogens with one attached hydrogen (secondary N) is 1. The van der Waals surface area contributed by atoms with Crippen LogP contribution in [-0.2, 0) is 32.6 Å². The largest absolute Gasteiger partial charge is 0.379 e. The van der Waals surface area contributed by atoms with Crippen LogP contribution in [0.3, 0.4) is 0 Å². The SMILES string of the molecule is Cc1ccccc1N(CC(=O)NCc1cccc(CN2CCOCC2)c1)S(=O)(=O)c1ccccc1. The molecule has 0 aromatic heterocycles. The maximum absolute atomic E-state index is 13.5. The van der Waals surface area contributed by atoms with Gasteiger partial charge in [-0.2, -0.15) is 0 Å². The Kier molecular flexibility index (Phi) is 8.17. The molecule has 184 valence electrons. The Hall–Kier alpha value is -3.20. The van der Waals surface area contributed by atoms with E-state index in [0.29, 0.717) is 12.2 Å². The zero-order chi connectivity index (χ0) is 24.7. The maximum Gasteiger partial charge on any atom is 0.264 e. The molecule has 0 aliphatic carbocycles. The number of hydrogen-bond acceptors (Lipinski definition) is 5. The number of nitrogens with zero attached hydrogens (tertiary/aromatic N) is 2. The van der Waals surface area contributed by atoms with Gasteiger partial charge >= 0.3 is 0 Å². The van der Waals surface area contributed by atoms with Crippen LogP contribution in [0, 0.1) is 6.92 Å². The molecule has 1 aliphatic rings. The van der Waals surface area contributed by atoms with E-state index in [1.54, 1.807) is 42.5 Å². The fourth-order valence-corrected chi connectivity index (χ4v) is 5.61. The molecule has 0 atom stereocenters. The highest BCUT2D eigenvalue weighted by Crippen LogP contribution is 2.26. The lowest BCUT2D eigenvalue weighted by Crippen LogP contribution is -2.41. The molecule has 1 amide bonds. The first-order valence-corrected chi connectivity index (χ1v) is 13.2. The summed E-state index contributed by atoms with van der Waals surface area (Å²) in [4.78, 5) is 15.4. The average Bonchev–Trinajstić information content (AvgIpc) is 2.88. The summed E-state index contributed by atoms with van der Waals surface area (Å²) in [5.74, 6) is -0.369. The molecule has 4 rings (SSSR count). The summed E-state index contributed by atoms with van der Waals surface area (Å²) >= 11 is 0. The molecule has 1 heterocycles. The zero-order valence-electron chi connectivity index (χ0n) is 19.9. The van der Waals surface area contributed by atoms with Crippen molar-refractivity contribution in [3.63, 3.8) is 0 Å². The van der Waals surface area contributed by atoms with E-state index in [0.717, 1.165) is 44.0 Å². The number of sulfonamides is 1. The average molecular weight is 494 g/mol. The van der Waals surface area contributed by atoms with Crippen LogP contribution in [-0.4, -0.2) is 52.1 Å². The third kappa shape index (κ3) is 6.48. The lowest BCUT2D eigenvalue weighted by molar-refractivity contribution is -0.119. The molecule has 1 saturated heterocycles. The van der Waals surface area contributed by atoms with E-state index >= 15 is 0 Å². The van der Waals surface area contributed by atoms with Gasteiger partial charge in [-0.1, -0.05) is 60.7 Å². The van der Waals surface area contributed by atoms with E-state index in [2.05, 4.69) is 22.3 Å². The Morgan fingerprint density at radius 1 is 0.943 bits per heavy atom. The molecule has 1 aliphatic heterocycles. The molecular formula is C27H31N3O4S. The zero-order valence-corrected chi connectivity index (χ0v) is 20.7. The van der Waals surface area contributed by atoms with E-state index < -0.39 is 10.0 Å². The molecule has 0 radical (unpaired) electrons. The van der Waals surface area contributed by atoms with Crippen LogP contribution < -0.4 is 9.62 Å². The molecular weight excluding hydrogens is 462 g/mol. The Morgan fingerprint density at radius 2 is 1.63 bits per heavy atom. The lowest BCUT2D eigenvalue weighted by Gasteiger charge is -2.26. The molecule has 35 heavy (non-hydrogen) atoms. The summed E-state index contributed by atoms with van der Waals surface area (Å²) in [5.41, 5.74) is 3.40. The predicted octanol–water partition coefficient (Wildman–Crippen LogP) is 3.34. The number of carbonyl (C=O) groups excluding carboxylic acids is 1. The molecule has 3 aromatic rings. The summed E-state index contributed by atoms with van der Waals surface area (Å²) in [6.45, 7) is 6.00. The number of hydrogen-bond donors (Lipinski definition) is 1. The lowest BCUT2D eigenvalue weighted by atomic mass is 10.1. The van der Waals surface area contributed by atoms with Crippen molar-refractivity contribution < 1.29 is 17.9 Å². The van der Waals surface area contributed by atoms with Crippen molar-refractivity contribution in [2.45, 2.75) is 24.9 Å². The number of carbonyl (C=O) groups is 1. The molecule has 0 unspecified atom stereocenters. The topological polar surface area (TPSA) is 79.0 Å². The van der Waals surface area contributed by atoms with Gasteiger partial charge in [0, 0.05) is 26.2 Å². The second kappa shape index (κ2) is 11.5. The molecule has 3 aromatic carbocycles. The summed E-state index contributed by atoms with van der Waals surface area (Å²) in [5, 5.41) is 2.89. The Bertz CT molecular complexity index is 1240. The molecule has 7 nitrogen and oxygen atoms in total. The number of para-hydroxylation sites is 1. The summed E-state index contributed by atoms with van der Waals surface area (Å²) in [6, 6.07) is 23.5. The van der Waals surface area contributed by atoms with Gasteiger partial charge in [-0.3, -0.25) is 14.0 Å². The van der Waals surface area contributed by atoms with Gasteiger partial charge in [0.1, 0.15) is 6.54 Å². The number of aryl methyl sites for hydroxylation is 1. The van der Waals surface area contributed by atoms with Crippen LogP contribution in [0.25, 0.3) is 0 Å². The fourth-order valence-electron chi connectivity index (χ4n) is 4.11. The second-order valence-electron chi connectivity index (χ2n) is 8.60.